The van der Waals surface area contributed by atoms with Gasteiger partial charge in [-0.3, -0.25) is 0 Å². The average Bonchev–Trinajstić information content (AvgIpc) is 2.85. The summed E-state index contributed by atoms with van der Waals surface area (Å²) in [5.74, 6) is 0.637. The van der Waals surface area contributed by atoms with Crippen LogP contribution < -0.4 is 5.32 Å². The Morgan fingerprint density at radius 2 is 2.00 bits per heavy atom. The highest BCUT2D eigenvalue weighted by Crippen LogP contribution is 2.42. The molecule has 3 heterocycles. The Labute approximate surface area is 124 Å². The van der Waals surface area contributed by atoms with Crippen molar-refractivity contribution in [2.75, 3.05) is 5.32 Å². The lowest BCUT2D eigenvalue weighted by atomic mass is 9.96. The number of anilines is 1. The van der Waals surface area contributed by atoms with Gasteiger partial charge in [0.1, 0.15) is 5.65 Å². The van der Waals surface area contributed by atoms with Gasteiger partial charge in [-0.15, -0.1) is 0 Å². The molecule has 21 heavy (non-hydrogen) atoms. The molecule has 3 nitrogen and oxygen atoms in total. The van der Waals surface area contributed by atoms with Gasteiger partial charge in [-0.25, -0.2) is 4.98 Å². The number of nitrogens with zero attached hydrogens (tertiary/aromatic N) is 1. The second kappa shape index (κ2) is 4.62. The van der Waals surface area contributed by atoms with E-state index in [0.29, 0.717) is 12.0 Å². The SMILES string of the molecule is CC(C)CC1Nc2ccccc2-c2ccnc3[nH]cc1c23. The van der Waals surface area contributed by atoms with E-state index in [-0.39, 0.29) is 0 Å². The fourth-order valence-corrected chi connectivity index (χ4v) is 3.35. The molecule has 2 aromatic heterocycles. The van der Waals surface area contributed by atoms with Gasteiger partial charge in [0.05, 0.1) is 6.04 Å². The number of para-hydroxylation sites is 1. The lowest BCUT2D eigenvalue weighted by Gasteiger charge is -2.20. The van der Waals surface area contributed by atoms with Crippen molar-refractivity contribution in [3.8, 4) is 11.1 Å². The minimum absolute atomic E-state index is 0.324. The number of pyridine rings is 1. The summed E-state index contributed by atoms with van der Waals surface area (Å²) in [4.78, 5) is 7.82. The third-order valence-electron chi connectivity index (χ3n) is 4.23. The van der Waals surface area contributed by atoms with Crippen molar-refractivity contribution in [1.82, 2.24) is 9.97 Å². The maximum Gasteiger partial charge on any atom is 0.138 e. The van der Waals surface area contributed by atoms with Crippen LogP contribution in [-0.4, -0.2) is 9.97 Å². The number of aromatic nitrogens is 2. The van der Waals surface area contributed by atoms with E-state index < -0.39 is 0 Å². The molecule has 1 unspecified atom stereocenters. The first kappa shape index (κ1) is 12.5. The first-order valence-electron chi connectivity index (χ1n) is 7.56. The quantitative estimate of drug-likeness (QED) is 0.710. The van der Waals surface area contributed by atoms with Crippen LogP contribution in [0.2, 0.25) is 0 Å². The normalized spacial score (nSPS) is 16.6. The highest BCUT2D eigenvalue weighted by Gasteiger charge is 2.24. The van der Waals surface area contributed by atoms with Crippen LogP contribution in [0.3, 0.4) is 0 Å². The van der Waals surface area contributed by atoms with Crippen LogP contribution in [0, 0.1) is 5.92 Å². The third kappa shape index (κ3) is 1.92. The van der Waals surface area contributed by atoms with E-state index >= 15 is 0 Å². The van der Waals surface area contributed by atoms with Crippen LogP contribution in [0.1, 0.15) is 31.9 Å². The van der Waals surface area contributed by atoms with Gasteiger partial charge >= 0.3 is 0 Å². The number of hydrogen-bond acceptors (Lipinski definition) is 2. The van der Waals surface area contributed by atoms with Gasteiger partial charge in [0.15, 0.2) is 0 Å². The van der Waals surface area contributed by atoms with Crippen LogP contribution in [0.15, 0.2) is 42.7 Å². The molecule has 0 radical (unpaired) electrons. The van der Waals surface area contributed by atoms with E-state index in [2.05, 4.69) is 65.7 Å². The number of benzene rings is 1. The topological polar surface area (TPSA) is 40.7 Å². The predicted octanol–water partition coefficient (Wildman–Crippen LogP) is 4.74. The summed E-state index contributed by atoms with van der Waals surface area (Å²) in [6.45, 7) is 4.54. The summed E-state index contributed by atoms with van der Waals surface area (Å²) < 4.78 is 0. The lowest BCUT2D eigenvalue weighted by Crippen LogP contribution is -2.12. The number of nitrogens with one attached hydrogen (secondary N) is 2. The number of hydrogen-bond donors (Lipinski definition) is 2. The zero-order chi connectivity index (χ0) is 14.4. The summed E-state index contributed by atoms with van der Waals surface area (Å²) in [5, 5.41) is 5.00. The first-order chi connectivity index (χ1) is 10.2. The van der Waals surface area contributed by atoms with Gasteiger partial charge in [-0.2, -0.15) is 0 Å². The van der Waals surface area contributed by atoms with Crippen LogP contribution >= 0.6 is 0 Å². The molecule has 4 rings (SSSR count). The molecule has 0 spiro atoms. The molecule has 1 atom stereocenters. The van der Waals surface area contributed by atoms with Crippen LogP contribution in [0.5, 0.6) is 0 Å². The van der Waals surface area contributed by atoms with Crippen LogP contribution in [0.25, 0.3) is 22.2 Å². The van der Waals surface area contributed by atoms with Crippen molar-refractivity contribution in [2.24, 2.45) is 5.92 Å². The summed E-state index contributed by atoms with van der Waals surface area (Å²) in [6, 6.07) is 11.0. The molecule has 0 amide bonds. The molecule has 0 aliphatic carbocycles. The number of aromatic amines is 1. The van der Waals surface area contributed by atoms with E-state index in [1.165, 1.54) is 27.8 Å². The van der Waals surface area contributed by atoms with Crippen molar-refractivity contribution >= 4 is 16.7 Å². The van der Waals surface area contributed by atoms with E-state index in [0.717, 1.165) is 12.1 Å². The monoisotopic (exact) mass is 277 g/mol. The number of fused-ring (bicyclic) bond motifs is 2. The van der Waals surface area contributed by atoms with E-state index in [1.54, 1.807) is 0 Å². The van der Waals surface area contributed by atoms with Gasteiger partial charge in [-0.05, 0) is 30.0 Å². The van der Waals surface area contributed by atoms with Crippen LogP contribution in [0.4, 0.5) is 5.69 Å². The van der Waals surface area contributed by atoms with Gasteiger partial charge in [0.25, 0.3) is 0 Å². The average molecular weight is 277 g/mol. The zero-order valence-electron chi connectivity index (χ0n) is 12.4. The van der Waals surface area contributed by atoms with E-state index in [9.17, 15) is 0 Å². The van der Waals surface area contributed by atoms with Crippen molar-refractivity contribution < 1.29 is 0 Å². The molecular weight excluding hydrogens is 258 g/mol. The van der Waals surface area contributed by atoms with Crippen molar-refractivity contribution in [2.45, 2.75) is 26.3 Å². The summed E-state index contributed by atoms with van der Waals surface area (Å²) in [5.41, 5.74) is 6.06. The van der Waals surface area contributed by atoms with Gasteiger partial charge in [0, 0.05) is 34.6 Å². The second-order valence-electron chi connectivity index (χ2n) is 6.20. The maximum atomic E-state index is 4.49. The Balaban J connectivity index is 2.02. The van der Waals surface area contributed by atoms with Gasteiger partial charge in [0.2, 0.25) is 0 Å². The van der Waals surface area contributed by atoms with Crippen molar-refractivity contribution in [3.05, 3.63) is 48.3 Å². The Bertz CT molecular complexity index is 801. The molecular formula is C18H19N3. The molecule has 2 N–H and O–H groups in total. The smallest absolute Gasteiger partial charge is 0.138 e. The molecule has 3 heteroatoms. The van der Waals surface area contributed by atoms with Crippen molar-refractivity contribution in [3.63, 3.8) is 0 Å². The lowest BCUT2D eigenvalue weighted by molar-refractivity contribution is 0.533. The summed E-state index contributed by atoms with van der Waals surface area (Å²) >= 11 is 0. The molecule has 0 saturated carbocycles. The number of rotatable bonds is 2. The highest BCUT2D eigenvalue weighted by molar-refractivity contribution is 6.00. The predicted molar refractivity (Wildman–Crippen MR) is 87.3 cm³/mol. The fourth-order valence-electron chi connectivity index (χ4n) is 3.35. The largest absolute Gasteiger partial charge is 0.378 e. The third-order valence-corrected chi connectivity index (χ3v) is 4.23. The molecule has 3 aromatic rings. The first-order valence-corrected chi connectivity index (χ1v) is 7.56. The Kier molecular flexibility index (Phi) is 2.74. The highest BCUT2D eigenvalue weighted by atomic mass is 14.9. The molecule has 1 aliphatic rings. The molecule has 0 fully saturated rings. The molecule has 0 saturated heterocycles. The van der Waals surface area contributed by atoms with E-state index in [4.69, 9.17) is 0 Å². The molecule has 0 bridgehead atoms. The Morgan fingerprint density at radius 1 is 1.14 bits per heavy atom. The maximum absolute atomic E-state index is 4.49. The molecule has 106 valence electrons. The summed E-state index contributed by atoms with van der Waals surface area (Å²) in [6.07, 6.45) is 5.11. The minimum Gasteiger partial charge on any atom is -0.378 e. The Morgan fingerprint density at radius 3 is 2.86 bits per heavy atom. The molecule has 1 aromatic carbocycles. The van der Waals surface area contributed by atoms with Gasteiger partial charge in [-0.1, -0.05) is 32.0 Å². The minimum atomic E-state index is 0.324. The second-order valence-corrected chi connectivity index (χ2v) is 6.20. The van der Waals surface area contributed by atoms with E-state index in [1.807, 2.05) is 6.20 Å². The molecule has 1 aliphatic heterocycles. The van der Waals surface area contributed by atoms with Gasteiger partial charge < -0.3 is 10.3 Å². The standard InChI is InChI=1S/C18H19N3/c1-11(2)9-16-14-10-20-18-17(14)13(7-8-19-18)12-5-3-4-6-15(12)21-16/h3-8,10-11,16,21H,9H2,1-2H3,(H,19,20). The Hall–Kier alpha value is -2.29. The van der Waals surface area contributed by atoms with Crippen molar-refractivity contribution in [1.29, 1.82) is 0 Å². The fraction of sp³-hybridized carbons (Fsp3) is 0.278. The summed E-state index contributed by atoms with van der Waals surface area (Å²) in [7, 11) is 0. The zero-order valence-corrected chi connectivity index (χ0v) is 12.4. The van der Waals surface area contributed by atoms with Crippen LogP contribution in [-0.2, 0) is 0 Å². The number of H-pyrrole nitrogens is 1.